The number of halogens is 2. The first-order valence-corrected chi connectivity index (χ1v) is 14.9. The van der Waals surface area contributed by atoms with Crippen molar-refractivity contribution in [3.05, 3.63) is 64.7 Å². The number of pyridine rings is 1. The molecule has 0 radical (unpaired) electrons. The van der Waals surface area contributed by atoms with Crippen LogP contribution in [0.1, 0.15) is 51.1 Å². The number of fused-ring (bicyclic) bond motifs is 1. The maximum Gasteiger partial charge on any atom is 0.410 e. The van der Waals surface area contributed by atoms with Gasteiger partial charge in [-0.1, -0.05) is 25.2 Å². The number of carbonyl (C=O) groups excluding carboxylic acids is 1. The molecular formula is C32H34F2N6O2S. The topological polar surface area (TPSA) is 85.6 Å². The van der Waals surface area contributed by atoms with E-state index in [-0.39, 0.29) is 23.3 Å². The zero-order valence-electron chi connectivity index (χ0n) is 25.1. The van der Waals surface area contributed by atoms with Crippen LogP contribution in [0.15, 0.2) is 42.5 Å². The molecule has 0 saturated carbocycles. The van der Waals surface area contributed by atoms with Crippen LogP contribution in [0.3, 0.4) is 0 Å². The fourth-order valence-corrected chi connectivity index (χ4v) is 5.80. The number of thiazole rings is 1. The molecule has 0 unspecified atom stereocenters. The van der Waals surface area contributed by atoms with Gasteiger partial charge in [-0.3, -0.25) is 0 Å². The Hall–Kier alpha value is -4.30. The van der Waals surface area contributed by atoms with Gasteiger partial charge in [-0.05, 0) is 69.2 Å². The first kappa shape index (κ1) is 30.2. The number of hydrogen-bond acceptors (Lipinski definition) is 8. The van der Waals surface area contributed by atoms with Crippen molar-refractivity contribution in [1.82, 2.24) is 14.9 Å². The summed E-state index contributed by atoms with van der Waals surface area (Å²) < 4.78 is 34.8. The highest BCUT2D eigenvalue weighted by Crippen LogP contribution is 2.40. The maximum atomic E-state index is 15.8. The number of ether oxygens (including phenoxy) is 1. The third-order valence-corrected chi connectivity index (χ3v) is 8.26. The largest absolute Gasteiger partial charge is 0.444 e. The van der Waals surface area contributed by atoms with Crippen LogP contribution < -0.4 is 9.80 Å². The second kappa shape index (κ2) is 11.8. The van der Waals surface area contributed by atoms with Crippen molar-refractivity contribution in [2.24, 2.45) is 0 Å². The summed E-state index contributed by atoms with van der Waals surface area (Å²) in [6, 6.07) is 13.4. The summed E-state index contributed by atoms with van der Waals surface area (Å²) in [6.07, 6.45) is -0.355. The van der Waals surface area contributed by atoms with E-state index >= 15 is 4.39 Å². The number of aromatic nitrogens is 2. The average molecular weight is 605 g/mol. The minimum atomic E-state index is -0.578. The molecule has 1 aliphatic rings. The molecule has 1 aliphatic heterocycles. The minimum Gasteiger partial charge on any atom is -0.444 e. The molecule has 0 bridgehead atoms. The predicted molar refractivity (Wildman–Crippen MR) is 166 cm³/mol. The molecule has 3 heterocycles. The van der Waals surface area contributed by atoms with Crippen molar-refractivity contribution >= 4 is 44.8 Å². The lowest BCUT2D eigenvalue weighted by molar-refractivity contribution is 0.0240. The van der Waals surface area contributed by atoms with Gasteiger partial charge < -0.3 is 19.4 Å². The molecule has 5 rings (SSSR count). The molecular weight excluding hydrogens is 570 g/mol. The van der Waals surface area contributed by atoms with E-state index in [1.54, 1.807) is 17.0 Å². The lowest BCUT2D eigenvalue weighted by Gasteiger charge is -2.37. The lowest BCUT2D eigenvalue weighted by atomic mass is 10.0. The Morgan fingerprint density at radius 3 is 2.35 bits per heavy atom. The van der Waals surface area contributed by atoms with Crippen molar-refractivity contribution in [1.29, 1.82) is 5.26 Å². The van der Waals surface area contributed by atoms with E-state index in [1.807, 2.05) is 63.6 Å². The SMILES string of the molecule is CC(C)c1cc(N(C)c2nc(-c3ccc(F)cc3)c(C#N)s2)c2cc(N3CCN(C(=O)OC(C)(C)C)CC3)cc(F)c2n1. The Morgan fingerprint density at radius 1 is 1.07 bits per heavy atom. The van der Waals surface area contributed by atoms with Crippen molar-refractivity contribution in [2.75, 3.05) is 43.0 Å². The van der Waals surface area contributed by atoms with E-state index in [0.717, 1.165) is 5.69 Å². The quantitative estimate of drug-likeness (QED) is 0.234. The summed E-state index contributed by atoms with van der Waals surface area (Å²) in [5, 5.41) is 11.0. The number of nitrogens with zero attached hydrogens (tertiary/aromatic N) is 6. The van der Waals surface area contributed by atoms with Gasteiger partial charge in [0.25, 0.3) is 0 Å². The van der Waals surface area contributed by atoms with Gasteiger partial charge in [-0.2, -0.15) is 5.26 Å². The molecule has 1 fully saturated rings. The zero-order valence-corrected chi connectivity index (χ0v) is 25.9. The van der Waals surface area contributed by atoms with Gasteiger partial charge in [0.1, 0.15) is 33.6 Å². The molecule has 0 atom stereocenters. The van der Waals surface area contributed by atoms with E-state index in [9.17, 15) is 14.4 Å². The van der Waals surface area contributed by atoms with E-state index in [1.165, 1.54) is 29.5 Å². The molecule has 11 heteroatoms. The second-order valence-corrected chi connectivity index (χ2v) is 12.8. The first-order valence-electron chi connectivity index (χ1n) is 14.1. The van der Waals surface area contributed by atoms with E-state index in [0.29, 0.717) is 64.2 Å². The number of carbonyl (C=O) groups is 1. The minimum absolute atomic E-state index is 0.0392. The smallest absolute Gasteiger partial charge is 0.410 e. The molecule has 4 aromatic rings. The number of nitriles is 1. The van der Waals surface area contributed by atoms with Crippen LogP contribution in [-0.4, -0.2) is 59.8 Å². The van der Waals surface area contributed by atoms with E-state index in [2.05, 4.69) is 11.1 Å². The van der Waals surface area contributed by atoms with E-state index in [4.69, 9.17) is 9.72 Å². The highest BCUT2D eigenvalue weighted by atomic mass is 32.1. The van der Waals surface area contributed by atoms with Gasteiger partial charge in [-0.15, -0.1) is 0 Å². The van der Waals surface area contributed by atoms with Crippen molar-refractivity contribution < 1.29 is 18.3 Å². The highest BCUT2D eigenvalue weighted by Gasteiger charge is 2.27. The number of anilines is 3. The number of rotatable bonds is 5. The molecule has 1 saturated heterocycles. The zero-order chi connectivity index (χ0) is 31.1. The van der Waals surface area contributed by atoms with Crippen LogP contribution in [0.4, 0.5) is 30.1 Å². The molecule has 0 spiro atoms. The molecule has 1 amide bonds. The molecule has 2 aromatic carbocycles. The van der Waals surface area contributed by atoms with Crippen LogP contribution in [-0.2, 0) is 4.74 Å². The monoisotopic (exact) mass is 604 g/mol. The van der Waals surface area contributed by atoms with Gasteiger partial charge in [0, 0.05) is 55.6 Å². The van der Waals surface area contributed by atoms with Crippen LogP contribution in [0.2, 0.25) is 0 Å². The normalized spacial score (nSPS) is 13.9. The fourth-order valence-electron chi connectivity index (χ4n) is 4.94. The average Bonchev–Trinajstić information content (AvgIpc) is 3.40. The van der Waals surface area contributed by atoms with Crippen LogP contribution >= 0.6 is 11.3 Å². The predicted octanol–water partition coefficient (Wildman–Crippen LogP) is 7.46. The van der Waals surface area contributed by atoms with Gasteiger partial charge in [0.15, 0.2) is 10.9 Å². The summed E-state index contributed by atoms with van der Waals surface area (Å²) in [5.41, 5.74) is 2.88. The third kappa shape index (κ3) is 6.39. The summed E-state index contributed by atoms with van der Waals surface area (Å²) in [6.45, 7) is 11.4. The number of amides is 1. The highest BCUT2D eigenvalue weighted by molar-refractivity contribution is 7.16. The molecule has 8 nitrogen and oxygen atoms in total. The lowest BCUT2D eigenvalue weighted by Crippen LogP contribution is -2.50. The van der Waals surface area contributed by atoms with Crippen LogP contribution in [0, 0.1) is 23.0 Å². The Bertz CT molecular complexity index is 1700. The number of piperazine rings is 1. The van der Waals surface area contributed by atoms with E-state index < -0.39 is 11.4 Å². The molecule has 0 aliphatic carbocycles. The molecule has 43 heavy (non-hydrogen) atoms. The summed E-state index contributed by atoms with van der Waals surface area (Å²) in [4.78, 5) is 27.9. The molecule has 0 N–H and O–H groups in total. The number of benzene rings is 2. The van der Waals surface area contributed by atoms with Crippen molar-refractivity contribution in [2.45, 2.75) is 46.1 Å². The van der Waals surface area contributed by atoms with Crippen molar-refractivity contribution in [3.63, 3.8) is 0 Å². The van der Waals surface area contributed by atoms with Crippen molar-refractivity contribution in [3.8, 4) is 17.3 Å². The summed E-state index contributed by atoms with van der Waals surface area (Å²) >= 11 is 1.21. The Balaban J connectivity index is 1.52. The summed E-state index contributed by atoms with van der Waals surface area (Å²) in [5.74, 6) is -0.774. The fraction of sp³-hybridized carbons (Fsp3) is 0.375. The van der Waals surface area contributed by atoms with Gasteiger partial charge in [0.2, 0.25) is 0 Å². The number of hydrogen-bond donors (Lipinski definition) is 0. The Morgan fingerprint density at radius 2 is 1.74 bits per heavy atom. The van der Waals surface area contributed by atoms with Gasteiger partial charge in [0.05, 0.1) is 5.69 Å². The van der Waals surface area contributed by atoms with Crippen LogP contribution in [0.25, 0.3) is 22.2 Å². The second-order valence-electron chi connectivity index (χ2n) is 11.9. The Labute approximate surface area is 254 Å². The maximum absolute atomic E-state index is 15.8. The van der Waals surface area contributed by atoms with Gasteiger partial charge in [-0.25, -0.2) is 23.5 Å². The standard InChI is InChI=1S/C32H34F2N6O2S/c1-19(2)25-17-26(38(6)30-37-28(27(18-35)43-30)20-7-9-21(33)10-8-20)23-15-22(16-24(34)29(23)36-25)39-11-13-40(14-12-39)31(41)42-32(3,4)5/h7-10,15-17,19H,11-14H2,1-6H3. The van der Waals surface area contributed by atoms with Crippen LogP contribution in [0.5, 0.6) is 0 Å². The Kier molecular flexibility index (Phi) is 8.25. The van der Waals surface area contributed by atoms with Gasteiger partial charge >= 0.3 is 6.09 Å². The summed E-state index contributed by atoms with van der Waals surface area (Å²) in [7, 11) is 1.83. The first-order chi connectivity index (χ1) is 20.3. The third-order valence-electron chi connectivity index (χ3n) is 7.22. The molecule has 224 valence electrons. The molecule has 2 aromatic heterocycles.